The lowest BCUT2D eigenvalue weighted by molar-refractivity contribution is -0.116. The van der Waals surface area contributed by atoms with Crippen molar-refractivity contribution in [3.8, 4) is 0 Å². The monoisotopic (exact) mass is 375 g/mol. The molecule has 7 heteroatoms. The van der Waals surface area contributed by atoms with Gasteiger partial charge in [-0.1, -0.05) is 29.8 Å². The van der Waals surface area contributed by atoms with E-state index < -0.39 is 0 Å². The van der Waals surface area contributed by atoms with Crippen LogP contribution in [0.25, 0.3) is 0 Å². The Morgan fingerprint density at radius 2 is 1.61 bits per heavy atom. The molecule has 142 valence electrons. The standard InChI is InChI=1S/C21H21N5O2/c1-12-3-7-15(8-4-12)22-21(28)23-16-9-5-14(6-10-16)17-11-18(27)24-20-19(17)13(2)25-26-20/h3-10,17H,11H2,1-2H3,(H2,22,23,28)(H2,24,25,26,27). The Bertz CT molecular complexity index is 1020. The first kappa shape index (κ1) is 17.8. The van der Waals surface area contributed by atoms with Gasteiger partial charge in [0, 0.05) is 35.0 Å². The number of carbonyl (C=O) groups is 2. The summed E-state index contributed by atoms with van der Waals surface area (Å²) in [7, 11) is 0. The van der Waals surface area contributed by atoms with Crippen LogP contribution in [0.3, 0.4) is 0 Å². The maximum atomic E-state index is 12.2. The highest BCUT2D eigenvalue weighted by molar-refractivity contribution is 5.99. The Morgan fingerprint density at radius 1 is 1.00 bits per heavy atom. The van der Waals surface area contributed by atoms with Crippen LogP contribution in [0.1, 0.15) is 34.7 Å². The number of H-pyrrole nitrogens is 1. The molecule has 1 unspecified atom stereocenters. The summed E-state index contributed by atoms with van der Waals surface area (Å²) in [5, 5.41) is 15.5. The Hall–Kier alpha value is -3.61. The molecule has 0 saturated heterocycles. The number of anilines is 3. The largest absolute Gasteiger partial charge is 0.323 e. The number of hydrogen-bond donors (Lipinski definition) is 4. The van der Waals surface area contributed by atoms with Crippen molar-refractivity contribution in [2.24, 2.45) is 0 Å². The third-order valence-electron chi connectivity index (χ3n) is 4.87. The maximum absolute atomic E-state index is 12.2. The molecule has 1 aromatic heterocycles. The summed E-state index contributed by atoms with van der Waals surface area (Å²) >= 11 is 0. The molecule has 1 atom stereocenters. The second-order valence-corrected chi connectivity index (χ2v) is 6.98. The first-order chi connectivity index (χ1) is 13.5. The van der Waals surface area contributed by atoms with Gasteiger partial charge in [-0.25, -0.2) is 4.79 Å². The second-order valence-electron chi connectivity index (χ2n) is 6.98. The summed E-state index contributed by atoms with van der Waals surface area (Å²) in [4.78, 5) is 24.2. The van der Waals surface area contributed by atoms with E-state index in [1.165, 1.54) is 0 Å². The molecule has 1 aliphatic rings. The van der Waals surface area contributed by atoms with Gasteiger partial charge >= 0.3 is 6.03 Å². The van der Waals surface area contributed by atoms with Crippen LogP contribution >= 0.6 is 0 Å². The molecule has 2 heterocycles. The number of nitrogens with one attached hydrogen (secondary N) is 4. The maximum Gasteiger partial charge on any atom is 0.323 e. The summed E-state index contributed by atoms with van der Waals surface area (Å²) in [5.74, 6) is 0.486. The lowest BCUT2D eigenvalue weighted by Crippen LogP contribution is -2.23. The van der Waals surface area contributed by atoms with Crippen LogP contribution in [-0.4, -0.2) is 22.1 Å². The second kappa shape index (κ2) is 7.19. The van der Waals surface area contributed by atoms with E-state index in [4.69, 9.17) is 0 Å². The molecule has 2 aromatic carbocycles. The molecule has 7 nitrogen and oxygen atoms in total. The van der Waals surface area contributed by atoms with Crippen molar-refractivity contribution in [2.75, 3.05) is 16.0 Å². The summed E-state index contributed by atoms with van der Waals surface area (Å²) in [6, 6.07) is 14.8. The molecule has 28 heavy (non-hydrogen) atoms. The van der Waals surface area contributed by atoms with Gasteiger partial charge in [0.2, 0.25) is 5.91 Å². The van der Waals surface area contributed by atoms with E-state index in [0.29, 0.717) is 17.9 Å². The fourth-order valence-corrected chi connectivity index (χ4v) is 3.44. The van der Waals surface area contributed by atoms with Crippen LogP contribution in [-0.2, 0) is 4.79 Å². The van der Waals surface area contributed by atoms with E-state index >= 15 is 0 Å². The van der Waals surface area contributed by atoms with E-state index in [-0.39, 0.29) is 17.9 Å². The Balaban J connectivity index is 1.47. The van der Waals surface area contributed by atoms with Crippen molar-refractivity contribution >= 4 is 29.1 Å². The minimum absolute atomic E-state index is 0.0522. The summed E-state index contributed by atoms with van der Waals surface area (Å²) < 4.78 is 0. The number of benzene rings is 2. The number of aromatic amines is 1. The lowest BCUT2D eigenvalue weighted by Gasteiger charge is -2.23. The highest BCUT2D eigenvalue weighted by atomic mass is 16.2. The number of urea groups is 1. The van der Waals surface area contributed by atoms with Gasteiger partial charge in [0.25, 0.3) is 0 Å². The fourth-order valence-electron chi connectivity index (χ4n) is 3.44. The highest BCUT2D eigenvalue weighted by Crippen LogP contribution is 2.38. The molecule has 0 radical (unpaired) electrons. The molecular weight excluding hydrogens is 354 g/mol. The number of rotatable bonds is 3. The van der Waals surface area contributed by atoms with Crippen LogP contribution in [0, 0.1) is 13.8 Å². The summed E-state index contributed by atoms with van der Waals surface area (Å²) in [6.45, 7) is 3.94. The molecule has 4 N–H and O–H groups in total. The van der Waals surface area contributed by atoms with Crippen LogP contribution in [0.15, 0.2) is 48.5 Å². The van der Waals surface area contributed by atoms with Crippen molar-refractivity contribution in [2.45, 2.75) is 26.2 Å². The van der Waals surface area contributed by atoms with E-state index in [2.05, 4.69) is 26.1 Å². The number of nitrogens with zero attached hydrogens (tertiary/aromatic N) is 1. The Labute approximate surface area is 162 Å². The van der Waals surface area contributed by atoms with Crippen molar-refractivity contribution in [3.63, 3.8) is 0 Å². The van der Waals surface area contributed by atoms with E-state index in [1.807, 2.05) is 62.4 Å². The molecule has 0 fully saturated rings. The third kappa shape index (κ3) is 3.59. The zero-order chi connectivity index (χ0) is 19.7. The zero-order valence-corrected chi connectivity index (χ0v) is 15.7. The predicted molar refractivity (Wildman–Crippen MR) is 109 cm³/mol. The number of fused-ring (bicyclic) bond motifs is 1. The summed E-state index contributed by atoms with van der Waals surface area (Å²) in [5.41, 5.74) is 5.50. The van der Waals surface area contributed by atoms with Crippen molar-refractivity contribution in [3.05, 3.63) is 70.9 Å². The average molecular weight is 375 g/mol. The van der Waals surface area contributed by atoms with Gasteiger partial charge in [-0.3, -0.25) is 9.89 Å². The molecular formula is C21H21N5O2. The normalized spacial score (nSPS) is 15.5. The number of carbonyl (C=O) groups excluding carboxylic acids is 2. The molecule has 3 aromatic rings. The highest BCUT2D eigenvalue weighted by Gasteiger charge is 2.30. The fraction of sp³-hybridized carbons (Fsp3) is 0.190. The molecule has 3 amide bonds. The van der Waals surface area contributed by atoms with E-state index in [1.54, 1.807) is 0 Å². The molecule has 0 saturated carbocycles. The number of aryl methyl sites for hydroxylation is 2. The van der Waals surface area contributed by atoms with Gasteiger partial charge in [0.15, 0.2) is 5.82 Å². The third-order valence-corrected chi connectivity index (χ3v) is 4.87. The molecule has 4 rings (SSSR count). The first-order valence-electron chi connectivity index (χ1n) is 9.09. The summed E-state index contributed by atoms with van der Waals surface area (Å²) in [6.07, 6.45) is 0.369. The number of amides is 3. The smallest absolute Gasteiger partial charge is 0.309 e. The zero-order valence-electron chi connectivity index (χ0n) is 15.7. The minimum Gasteiger partial charge on any atom is -0.309 e. The topological polar surface area (TPSA) is 98.9 Å². The van der Waals surface area contributed by atoms with E-state index in [0.717, 1.165) is 28.1 Å². The van der Waals surface area contributed by atoms with Crippen molar-refractivity contribution < 1.29 is 9.59 Å². The SMILES string of the molecule is Cc1ccc(NC(=O)Nc2ccc(C3CC(=O)Nc4n[nH]c(C)c43)cc2)cc1. The van der Waals surface area contributed by atoms with Crippen LogP contribution in [0.4, 0.5) is 22.0 Å². The molecule has 0 bridgehead atoms. The van der Waals surface area contributed by atoms with Gasteiger partial charge in [-0.2, -0.15) is 5.10 Å². The molecule has 0 aliphatic carbocycles. The van der Waals surface area contributed by atoms with Gasteiger partial charge in [0.05, 0.1) is 0 Å². The van der Waals surface area contributed by atoms with Crippen molar-refractivity contribution in [1.29, 1.82) is 0 Å². The van der Waals surface area contributed by atoms with E-state index in [9.17, 15) is 9.59 Å². The number of hydrogen-bond acceptors (Lipinski definition) is 3. The quantitative estimate of drug-likeness (QED) is 0.553. The average Bonchev–Trinajstić information content (AvgIpc) is 3.04. The molecule has 0 spiro atoms. The van der Waals surface area contributed by atoms with Crippen LogP contribution in [0.2, 0.25) is 0 Å². The van der Waals surface area contributed by atoms with Crippen LogP contribution < -0.4 is 16.0 Å². The minimum atomic E-state index is -0.304. The predicted octanol–water partition coefficient (Wildman–Crippen LogP) is 4.14. The van der Waals surface area contributed by atoms with Gasteiger partial charge in [-0.15, -0.1) is 0 Å². The number of aromatic nitrogens is 2. The van der Waals surface area contributed by atoms with Gasteiger partial charge in [0.1, 0.15) is 0 Å². The van der Waals surface area contributed by atoms with Gasteiger partial charge in [-0.05, 0) is 43.7 Å². The first-order valence-corrected chi connectivity index (χ1v) is 9.09. The van der Waals surface area contributed by atoms with Gasteiger partial charge < -0.3 is 16.0 Å². The lowest BCUT2D eigenvalue weighted by atomic mass is 9.86. The Morgan fingerprint density at radius 3 is 2.25 bits per heavy atom. The van der Waals surface area contributed by atoms with Crippen LogP contribution in [0.5, 0.6) is 0 Å². The van der Waals surface area contributed by atoms with Crippen molar-refractivity contribution in [1.82, 2.24) is 10.2 Å². The Kier molecular flexibility index (Phi) is 4.57. The molecule has 1 aliphatic heterocycles.